The minimum Gasteiger partial charge on any atom is -0.394 e. The Bertz CT molecular complexity index is 953. The van der Waals surface area contributed by atoms with E-state index in [2.05, 4.69) is 20.8 Å². The number of carbonyl (C=O) groups is 1. The molecule has 28 heavy (non-hydrogen) atoms. The van der Waals surface area contributed by atoms with Gasteiger partial charge in [-0.25, -0.2) is 0 Å². The third-order valence-electron chi connectivity index (χ3n) is 4.37. The zero-order valence-electron chi connectivity index (χ0n) is 15.8. The number of benzene rings is 2. The minimum absolute atomic E-state index is 0.0372. The first-order valence-corrected chi connectivity index (χ1v) is 9.08. The highest BCUT2D eigenvalue weighted by Crippen LogP contribution is 2.25. The van der Waals surface area contributed by atoms with Crippen molar-refractivity contribution in [3.05, 3.63) is 59.4 Å². The summed E-state index contributed by atoms with van der Waals surface area (Å²) in [5.74, 6) is 0.331. The van der Waals surface area contributed by atoms with Gasteiger partial charge in [-0.2, -0.15) is 4.68 Å². The molecule has 2 aromatic carbocycles. The van der Waals surface area contributed by atoms with Gasteiger partial charge in [0.2, 0.25) is 0 Å². The van der Waals surface area contributed by atoms with Crippen LogP contribution in [0.2, 0.25) is 0 Å². The van der Waals surface area contributed by atoms with Crippen molar-refractivity contribution in [2.45, 2.75) is 26.4 Å². The summed E-state index contributed by atoms with van der Waals surface area (Å²) in [6, 6.07) is 13.4. The Labute approximate surface area is 162 Å². The van der Waals surface area contributed by atoms with Crippen molar-refractivity contribution in [1.29, 1.82) is 0 Å². The highest BCUT2D eigenvalue weighted by atomic mass is 16.3. The molecule has 1 heterocycles. The molecule has 8 heteroatoms. The molecule has 0 spiro atoms. The molecule has 3 N–H and O–H groups in total. The van der Waals surface area contributed by atoms with E-state index in [0.717, 1.165) is 16.7 Å². The molecule has 0 aliphatic rings. The number of nitrogens with zero attached hydrogens (tertiary/aromatic N) is 4. The molecule has 3 aromatic rings. The number of tetrazole rings is 1. The van der Waals surface area contributed by atoms with Crippen molar-refractivity contribution in [3.63, 3.8) is 0 Å². The summed E-state index contributed by atoms with van der Waals surface area (Å²) in [5, 5.41) is 32.8. The van der Waals surface area contributed by atoms with Crippen LogP contribution in [0.1, 0.15) is 28.7 Å². The SMILES string of the molecule is CCc1nnnn1-c1cc(C(=O)NCC(O)CO)cc(-c2ccc(C)cc2)c1. The van der Waals surface area contributed by atoms with Gasteiger partial charge in [-0.15, -0.1) is 5.10 Å². The molecule has 0 radical (unpaired) electrons. The molecule has 0 fully saturated rings. The van der Waals surface area contributed by atoms with Crippen molar-refractivity contribution in [2.24, 2.45) is 0 Å². The Morgan fingerprint density at radius 1 is 1.18 bits per heavy atom. The van der Waals surface area contributed by atoms with E-state index in [1.807, 2.05) is 44.2 Å². The topological polar surface area (TPSA) is 113 Å². The van der Waals surface area contributed by atoms with Crippen molar-refractivity contribution >= 4 is 5.91 Å². The molecule has 0 bridgehead atoms. The Balaban J connectivity index is 2.03. The molecule has 8 nitrogen and oxygen atoms in total. The highest BCUT2D eigenvalue weighted by Gasteiger charge is 2.14. The van der Waals surface area contributed by atoms with E-state index in [-0.39, 0.29) is 12.5 Å². The highest BCUT2D eigenvalue weighted by molar-refractivity contribution is 5.96. The molecular weight excluding hydrogens is 358 g/mol. The first kappa shape index (κ1) is 19.7. The summed E-state index contributed by atoms with van der Waals surface area (Å²) < 4.78 is 1.61. The number of aliphatic hydroxyl groups excluding tert-OH is 2. The van der Waals surface area contributed by atoms with E-state index in [9.17, 15) is 9.90 Å². The number of aliphatic hydroxyl groups is 2. The van der Waals surface area contributed by atoms with Gasteiger partial charge in [0.1, 0.15) is 0 Å². The minimum atomic E-state index is -1.00. The predicted octanol–water partition coefficient (Wildman–Crippen LogP) is 1.28. The third kappa shape index (κ3) is 4.41. The summed E-state index contributed by atoms with van der Waals surface area (Å²) >= 11 is 0. The van der Waals surface area contributed by atoms with Crippen LogP contribution in [-0.4, -0.2) is 55.6 Å². The number of hydrogen-bond acceptors (Lipinski definition) is 6. The molecule has 0 saturated heterocycles. The van der Waals surface area contributed by atoms with Gasteiger partial charge >= 0.3 is 0 Å². The predicted molar refractivity (Wildman–Crippen MR) is 104 cm³/mol. The lowest BCUT2D eigenvalue weighted by molar-refractivity contribution is 0.0802. The average Bonchev–Trinajstić information content (AvgIpc) is 3.20. The first-order valence-electron chi connectivity index (χ1n) is 9.08. The quantitative estimate of drug-likeness (QED) is 0.568. The zero-order valence-corrected chi connectivity index (χ0v) is 15.8. The van der Waals surface area contributed by atoms with Crippen LogP contribution in [0.3, 0.4) is 0 Å². The van der Waals surface area contributed by atoms with Gasteiger partial charge in [0, 0.05) is 18.5 Å². The van der Waals surface area contributed by atoms with Crippen LogP contribution in [0.15, 0.2) is 42.5 Å². The Kier molecular flexibility index (Phi) is 6.13. The van der Waals surface area contributed by atoms with Crippen LogP contribution in [-0.2, 0) is 6.42 Å². The summed E-state index contributed by atoms with van der Waals surface area (Å²) in [7, 11) is 0. The summed E-state index contributed by atoms with van der Waals surface area (Å²) in [4.78, 5) is 12.6. The van der Waals surface area contributed by atoms with E-state index in [1.165, 1.54) is 0 Å². The Morgan fingerprint density at radius 2 is 1.93 bits per heavy atom. The van der Waals surface area contributed by atoms with Crippen LogP contribution >= 0.6 is 0 Å². The first-order chi connectivity index (χ1) is 13.5. The Morgan fingerprint density at radius 3 is 2.61 bits per heavy atom. The average molecular weight is 381 g/mol. The number of carbonyl (C=O) groups excluding carboxylic acids is 1. The van der Waals surface area contributed by atoms with Gasteiger partial charge in [-0.3, -0.25) is 4.79 Å². The number of hydrogen-bond donors (Lipinski definition) is 3. The Hall–Kier alpha value is -3.10. The lowest BCUT2D eigenvalue weighted by atomic mass is 10.0. The van der Waals surface area contributed by atoms with Crippen molar-refractivity contribution < 1.29 is 15.0 Å². The van der Waals surface area contributed by atoms with Crippen LogP contribution in [0, 0.1) is 6.92 Å². The maximum atomic E-state index is 12.6. The number of nitrogens with one attached hydrogen (secondary N) is 1. The summed E-state index contributed by atoms with van der Waals surface area (Å²) in [5.41, 5.74) is 4.04. The third-order valence-corrected chi connectivity index (χ3v) is 4.37. The second kappa shape index (κ2) is 8.73. The standard InChI is InChI=1S/C20H23N5O3/c1-3-19-22-23-24-25(19)17-9-15(14-6-4-13(2)5-7-14)8-16(10-17)20(28)21-11-18(27)12-26/h4-10,18,26-27H,3,11-12H2,1-2H3,(H,21,28). The lowest BCUT2D eigenvalue weighted by Gasteiger charge is -2.13. The van der Waals surface area contributed by atoms with E-state index in [0.29, 0.717) is 23.5 Å². The maximum Gasteiger partial charge on any atom is 0.251 e. The van der Waals surface area contributed by atoms with Gasteiger partial charge in [-0.1, -0.05) is 36.8 Å². The van der Waals surface area contributed by atoms with Crippen molar-refractivity contribution in [2.75, 3.05) is 13.2 Å². The fourth-order valence-electron chi connectivity index (χ4n) is 2.78. The van der Waals surface area contributed by atoms with Crippen LogP contribution < -0.4 is 5.32 Å². The van der Waals surface area contributed by atoms with E-state index < -0.39 is 12.7 Å². The summed E-state index contributed by atoms with van der Waals surface area (Å²) in [6.45, 7) is 3.51. The molecule has 0 aliphatic carbocycles. The molecule has 1 unspecified atom stereocenters. The number of aryl methyl sites for hydroxylation is 2. The van der Waals surface area contributed by atoms with E-state index >= 15 is 0 Å². The lowest BCUT2D eigenvalue weighted by Crippen LogP contribution is -2.33. The number of rotatable bonds is 7. The van der Waals surface area contributed by atoms with Crippen molar-refractivity contribution in [3.8, 4) is 16.8 Å². The molecule has 0 saturated carbocycles. The molecule has 1 amide bonds. The number of aromatic nitrogens is 4. The number of amides is 1. The molecule has 146 valence electrons. The smallest absolute Gasteiger partial charge is 0.251 e. The fourth-order valence-corrected chi connectivity index (χ4v) is 2.78. The van der Waals surface area contributed by atoms with Crippen molar-refractivity contribution in [1.82, 2.24) is 25.5 Å². The fraction of sp³-hybridized carbons (Fsp3) is 0.300. The maximum absolute atomic E-state index is 12.6. The van der Waals surface area contributed by atoms with Gasteiger partial charge in [0.25, 0.3) is 5.91 Å². The second-order valence-corrected chi connectivity index (χ2v) is 6.54. The molecule has 1 atom stereocenters. The molecule has 3 rings (SSSR count). The normalized spacial score (nSPS) is 12.0. The zero-order chi connectivity index (χ0) is 20.1. The molecule has 0 aliphatic heterocycles. The largest absolute Gasteiger partial charge is 0.394 e. The summed E-state index contributed by atoms with van der Waals surface area (Å²) in [6.07, 6.45) is -0.360. The van der Waals surface area contributed by atoms with E-state index in [4.69, 9.17) is 5.11 Å². The van der Waals surface area contributed by atoms with Gasteiger partial charge in [0.05, 0.1) is 18.4 Å². The van der Waals surface area contributed by atoms with Gasteiger partial charge in [-0.05, 0) is 46.7 Å². The second-order valence-electron chi connectivity index (χ2n) is 6.54. The van der Waals surface area contributed by atoms with E-state index in [1.54, 1.807) is 16.8 Å². The van der Waals surface area contributed by atoms with Crippen LogP contribution in [0.25, 0.3) is 16.8 Å². The molecular formula is C20H23N5O3. The van der Waals surface area contributed by atoms with Gasteiger partial charge < -0.3 is 15.5 Å². The molecule has 1 aromatic heterocycles. The van der Waals surface area contributed by atoms with Gasteiger partial charge in [0.15, 0.2) is 5.82 Å². The monoisotopic (exact) mass is 381 g/mol. The van der Waals surface area contributed by atoms with Crippen LogP contribution in [0.4, 0.5) is 0 Å². The van der Waals surface area contributed by atoms with Crippen LogP contribution in [0.5, 0.6) is 0 Å².